The number of aryl methyl sites for hydroxylation is 1. The molecular weight excluding hydrogens is 192 g/mol. The Kier molecular flexibility index (Phi) is 2.73. The number of hydrogen-bond acceptors (Lipinski definition) is 3. The van der Waals surface area contributed by atoms with Crippen LogP contribution in [0.4, 0.5) is 0 Å². The minimum atomic E-state index is 0.0766. The number of carbonyl (C=O) groups is 1. The van der Waals surface area contributed by atoms with E-state index in [2.05, 4.69) is 10.4 Å². The Hall–Kier alpha value is -1.36. The van der Waals surface area contributed by atoms with Gasteiger partial charge in [0.2, 0.25) is 0 Å². The van der Waals surface area contributed by atoms with E-state index in [1.54, 1.807) is 24.0 Å². The Labute approximate surface area is 89.1 Å². The van der Waals surface area contributed by atoms with Crippen molar-refractivity contribution in [3.63, 3.8) is 0 Å². The lowest BCUT2D eigenvalue weighted by Crippen LogP contribution is -2.34. The maximum Gasteiger partial charge on any atom is 0.272 e. The van der Waals surface area contributed by atoms with Gasteiger partial charge in [-0.2, -0.15) is 5.10 Å². The van der Waals surface area contributed by atoms with E-state index in [4.69, 9.17) is 0 Å². The van der Waals surface area contributed by atoms with Crippen LogP contribution in [-0.2, 0) is 7.05 Å². The Balaban J connectivity index is 2.07. The second-order valence-electron chi connectivity index (χ2n) is 3.87. The van der Waals surface area contributed by atoms with Crippen LogP contribution in [0.25, 0.3) is 0 Å². The van der Waals surface area contributed by atoms with Gasteiger partial charge >= 0.3 is 0 Å². The van der Waals surface area contributed by atoms with Crippen molar-refractivity contribution >= 4 is 5.91 Å². The number of nitrogens with zero attached hydrogens (tertiary/aromatic N) is 3. The number of amides is 1. The summed E-state index contributed by atoms with van der Waals surface area (Å²) in [6.07, 6.45) is 2.68. The van der Waals surface area contributed by atoms with Gasteiger partial charge in [-0.3, -0.25) is 9.48 Å². The summed E-state index contributed by atoms with van der Waals surface area (Å²) in [4.78, 5) is 13.9. The van der Waals surface area contributed by atoms with Crippen molar-refractivity contribution in [1.82, 2.24) is 20.0 Å². The minimum absolute atomic E-state index is 0.0766. The molecule has 1 saturated heterocycles. The molecule has 0 aliphatic carbocycles. The van der Waals surface area contributed by atoms with Crippen LogP contribution in [0.2, 0.25) is 0 Å². The van der Waals surface area contributed by atoms with Gasteiger partial charge in [-0.1, -0.05) is 0 Å². The quantitative estimate of drug-likeness (QED) is 0.735. The first-order valence-corrected chi connectivity index (χ1v) is 5.17. The van der Waals surface area contributed by atoms with E-state index in [9.17, 15) is 4.79 Å². The Morgan fingerprint density at radius 1 is 1.67 bits per heavy atom. The highest BCUT2D eigenvalue weighted by atomic mass is 16.2. The fourth-order valence-electron chi connectivity index (χ4n) is 1.93. The van der Waals surface area contributed by atoms with E-state index in [1.807, 2.05) is 11.9 Å². The standard InChI is InChI=1S/C10H16N4O/c1-11-8-4-6-14(7-8)10(15)9-3-5-12-13(9)2/h3,5,8,11H,4,6-7H2,1-2H3. The molecule has 5 heteroatoms. The van der Waals surface area contributed by atoms with Crippen molar-refractivity contribution < 1.29 is 4.79 Å². The van der Waals surface area contributed by atoms with Crippen molar-refractivity contribution in [2.75, 3.05) is 20.1 Å². The first kappa shape index (κ1) is 10.2. The highest BCUT2D eigenvalue weighted by Gasteiger charge is 2.26. The zero-order valence-electron chi connectivity index (χ0n) is 9.10. The molecule has 0 spiro atoms. The largest absolute Gasteiger partial charge is 0.336 e. The van der Waals surface area contributed by atoms with E-state index in [-0.39, 0.29) is 5.91 Å². The molecule has 5 nitrogen and oxygen atoms in total. The first-order chi connectivity index (χ1) is 7.22. The molecule has 2 heterocycles. The predicted molar refractivity (Wildman–Crippen MR) is 56.6 cm³/mol. The van der Waals surface area contributed by atoms with E-state index in [1.165, 1.54) is 0 Å². The molecule has 0 saturated carbocycles. The molecule has 1 N–H and O–H groups in total. The van der Waals surface area contributed by atoms with Crippen molar-refractivity contribution in [2.24, 2.45) is 7.05 Å². The van der Waals surface area contributed by atoms with Gasteiger partial charge in [0.15, 0.2) is 0 Å². The van der Waals surface area contributed by atoms with Gasteiger partial charge in [-0.15, -0.1) is 0 Å². The van der Waals surface area contributed by atoms with Gasteiger partial charge in [-0.25, -0.2) is 0 Å². The van der Waals surface area contributed by atoms with Crippen molar-refractivity contribution in [3.8, 4) is 0 Å². The van der Waals surface area contributed by atoms with Crippen molar-refractivity contribution in [1.29, 1.82) is 0 Å². The number of rotatable bonds is 2. The molecule has 82 valence electrons. The van der Waals surface area contributed by atoms with Crippen LogP contribution < -0.4 is 5.32 Å². The smallest absolute Gasteiger partial charge is 0.272 e. The lowest BCUT2D eigenvalue weighted by molar-refractivity contribution is 0.0779. The van der Waals surface area contributed by atoms with E-state index in [0.29, 0.717) is 11.7 Å². The Bertz CT molecular complexity index is 360. The third-order valence-electron chi connectivity index (χ3n) is 2.92. The lowest BCUT2D eigenvalue weighted by Gasteiger charge is -2.16. The van der Waals surface area contributed by atoms with E-state index >= 15 is 0 Å². The third-order valence-corrected chi connectivity index (χ3v) is 2.92. The van der Waals surface area contributed by atoms with Gasteiger partial charge in [0.25, 0.3) is 5.91 Å². The molecule has 0 aromatic carbocycles. The molecule has 1 amide bonds. The summed E-state index contributed by atoms with van der Waals surface area (Å²) < 4.78 is 1.62. The summed E-state index contributed by atoms with van der Waals surface area (Å²) in [6, 6.07) is 2.19. The van der Waals surface area contributed by atoms with Crippen LogP contribution in [0.1, 0.15) is 16.9 Å². The number of carbonyl (C=O) groups excluding carboxylic acids is 1. The third kappa shape index (κ3) is 1.87. The van der Waals surface area contributed by atoms with E-state index < -0.39 is 0 Å². The molecule has 0 bridgehead atoms. The summed E-state index contributed by atoms with van der Waals surface area (Å²) in [5.74, 6) is 0.0766. The summed E-state index contributed by atoms with van der Waals surface area (Å²) in [5.41, 5.74) is 0.659. The number of aromatic nitrogens is 2. The van der Waals surface area contributed by atoms with Gasteiger partial charge in [0, 0.05) is 32.4 Å². The Morgan fingerprint density at radius 2 is 2.47 bits per heavy atom. The molecule has 2 rings (SSSR count). The maximum absolute atomic E-state index is 12.0. The van der Waals surface area contributed by atoms with Crippen LogP contribution >= 0.6 is 0 Å². The molecule has 1 aromatic rings. The summed E-state index contributed by atoms with van der Waals surface area (Å²) in [7, 11) is 3.72. The number of likely N-dealkylation sites (tertiary alicyclic amines) is 1. The van der Waals surface area contributed by atoms with Crippen LogP contribution in [0.5, 0.6) is 0 Å². The molecule has 0 radical (unpaired) electrons. The minimum Gasteiger partial charge on any atom is -0.336 e. The molecule has 1 fully saturated rings. The summed E-state index contributed by atoms with van der Waals surface area (Å²) >= 11 is 0. The first-order valence-electron chi connectivity index (χ1n) is 5.17. The molecule has 1 atom stereocenters. The predicted octanol–water partition coefficient (Wildman–Crippen LogP) is -0.146. The monoisotopic (exact) mass is 208 g/mol. The highest BCUT2D eigenvalue weighted by Crippen LogP contribution is 2.12. The normalized spacial score (nSPS) is 20.9. The molecule has 1 aliphatic heterocycles. The summed E-state index contributed by atoms with van der Waals surface area (Å²) in [6.45, 7) is 1.62. The van der Waals surface area contributed by atoms with Gasteiger partial charge in [0.1, 0.15) is 5.69 Å². The number of likely N-dealkylation sites (N-methyl/N-ethyl adjacent to an activating group) is 1. The fourth-order valence-corrected chi connectivity index (χ4v) is 1.93. The zero-order chi connectivity index (χ0) is 10.8. The fraction of sp³-hybridized carbons (Fsp3) is 0.600. The van der Waals surface area contributed by atoms with Gasteiger partial charge in [-0.05, 0) is 19.5 Å². The number of nitrogens with one attached hydrogen (secondary N) is 1. The number of hydrogen-bond donors (Lipinski definition) is 1. The van der Waals surface area contributed by atoms with Gasteiger partial charge < -0.3 is 10.2 Å². The maximum atomic E-state index is 12.0. The average molecular weight is 208 g/mol. The highest BCUT2D eigenvalue weighted by molar-refractivity contribution is 5.92. The molecule has 15 heavy (non-hydrogen) atoms. The van der Waals surface area contributed by atoms with Crippen molar-refractivity contribution in [2.45, 2.75) is 12.5 Å². The topological polar surface area (TPSA) is 50.2 Å². The lowest BCUT2D eigenvalue weighted by atomic mass is 10.3. The van der Waals surface area contributed by atoms with Crippen molar-refractivity contribution in [3.05, 3.63) is 18.0 Å². The summed E-state index contributed by atoms with van der Waals surface area (Å²) in [5, 5.41) is 7.19. The van der Waals surface area contributed by atoms with E-state index in [0.717, 1.165) is 19.5 Å². The second-order valence-corrected chi connectivity index (χ2v) is 3.87. The second kappa shape index (κ2) is 4.02. The average Bonchev–Trinajstić information content (AvgIpc) is 2.84. The van der Waals surface area contributed by atoms with Crippen LogP contribution in [0.3, 0.4) is 0 Å². The van der Waals surface area contributed by atoms with Crippen LogP contribution in [0, 0.1) is 0 Å². The molecule has 1 unspecified atom stereocenters. The van der Waals surface area contributed by atoms with Gasteiger partial charge in [0.05, 0.1) is 0 Å². The SMILES string of the molecule is CNC1CCN(C(=O)c2ccnn2C)C1. The Morgan fingerprint density at radius 3 is 3.00 bits per heavy atom. The molecule has 1 aromatic heterocycles. The van der Waals surface area contributed by atoms with Crippen LogP contribution in [0.15, 0.2) is 12.3 Å². The zero-order valence-corrected chi connectivity index (χ0v) is 9.10. The van der Waals surface area contributed by atoms with Crippen LogP contribution in [-0.4, -0.2) is 46.8 Å². The molecule has 1 aliphatic rings. The molecular formula is C10H16N4O.